The Morgan fingerprint density at radius 3 is 2.72 bits per heavy atom. The number of hydrogen-bond acceptors (Lipinski definition) is 5. The van der Waals surface area contributed by atoms with Gasteiger partial charge in [0.2, 0.25) is 11.8 Å². The van der Waals surface area contributed by atoms with Crippen molar-refractivity contribution >= 4 is 23.6 Å². The molecule has 94 valence electrons. The molecule has 0 saturated carbocycles. The maximum atomic E-state index is 11.8. The average Bonchev–Trinajstić information content (AvgIpc) is 2.76. The van der Waals surface area contributed by atoms with Crippen LogP contribution in [0.3, 0.4) is 0 Å². The van der Waals surface area contributed by atoms with Crippen LogP contribution < -0.4 is 10.6 Å². The van der Waals surface area contributed by atoms with Crippen LogP contribution in [-0.4, -0.2) is 39.4 Å². The van der Waals surface area contributed by atoms with Crippen molar-refractivity contribution in [2.75, 3.05) is 11.9 Å². The van der Waals surface area contributed by atoms with Crippen LogP contribution in [0.2, 0.25) is 0 Å². The number of anilines is 1. The molecule has 0 spiro atoms. The Hall–Kier alpha value is -2.51. The molecule has 1 aromatic heterocycles. The summed E-state index contributed by atoms with van der Waals surface area (Å²) in [6, 6.07) is 0. The fraction of sp³-hybridized carbons (Fsp3) is 0.300. The number of nitrogens with one attached hydrogen (secondary N) is 2. The molecule has 18 heavy (non-hydrogen) atoms. The van der Waals surface area contributed by atoms with Gasteiger partial charge in [-0.05, 0) is 0 Å². The van der Waals surface area contributed by atoms with E-state index >= 15 is 0 Å². The fourth-order valence-electron chi connectivity index (χ4n) is 1.60. The lowest BCUT2D eigenvalue weighted by Crippen LogP contribution is -2.26. The van der Waals surface area contributed by atoms with E-state index in [0.29, 0.717) is 0 Å². The minimum Gasteiger partial charge on any atom is -0.476 e. The first-order chi connectivity index (χ1) is 8.58. The predicted octanol–water partition coefficient (Wildman–Crippen LogP) is -0.751. The average molecular weight is 250 g/mol. The molecular formula is C10H10N4O4. The molecule has 0 aromatic carbocycles. The van der Waals surface area contributed by atoms with Crippen molar-refractivity contribution in [3.8, 4) is 0 Å². The quantitative estimate of drug-likeness (QED) is 0.649. The molecule has 1 fully saturated rings. The highest BCUT2D eigenvalue weighted by atomic mass is 16.4. The summed E-state index contributed by atoms with van der Waals surface area (Å²) in [7, 11) is 0. The number of carboxylic acids is 1. The molecule has 0 bridgehead atoms. The van der Waals surface area contributed by atoms with E-state index in [9.17, 15) is 14.4 Å². The molecule has 8 nitrogen and oxygen atoms in total. The number of aromatic carboxylic acids is 1. The molecule has 2 heterocycles. The van der Waals surface area contributed by atoms with Gasteiger partial charge in [-0.25, -0.2) is 14.8 Å². The van der Waals surface area contributed by atoms with Crippen LogP contribution in [0.5, 0.6) is 0 Å². The molecule has 3 N–H and O–H groups in total. The second-order valence-corrected chi connectivity index (χ2v) is 3.75. The van der Waals surface area contributed by atoms with Crippen LogP contribution in [-0.2, 0) is 9.59 Å². The van der Waals surface area contributed by atoms with Crippen molar-refractivity contribution in [3.05, 3.63) is 18.1 Å². The van der Waals surface area contributed by atoms with Gasteiger partial charge in [0.05, 0.1) is 5.92 Å². The van der Waals surface area contributed by atoms with Gasteiger partial charge in [0.25, 0.3) is 0 Å². The Morgan fingerprint density at radius 2 is 2.11 bits per heavy atom. The Kier molecular flexibility index (Phi) is 3.18. The second-order valence-electron chi connectivity index (χ2n) is 3.75. The molecule has 0 radical (unpaired) electrons. The van der Waals surface area contributed by atoms with Crippen LogP contribution in [0.25, 0.3) is 0 Å². The van der Waals surface area contributed by atoms with E-state index in [2.05, 4.69) is 20.6 Å². The van der Waals surface area contributed by atoms with Crippen molar-refractivity contribution in [1.82, 2.24) is 15.3 Å². The number of carboxylic acid groups (broad SMARTS) is 1. The van der Waals surface area contributed by atoms with E-state index < -0.39 is 17.8 Å². The first kappa shape index (κ1) is 12.0. The van der Waals surface area contributed by atoms with Crippen molar-refractivity contribution in [3.63, 3.8) is 0 Å². The summed E-state index contributed by atoms with van der Waals surface area (Å²) in [5.74, 6) is -2.56. The standard InChI is InChI=1S/C10H10N4O4/c15-6-3-5(4-13-6)9(16)14-8-7(10(17)18)11-1-2-12-8/h1-2,5H,3-4H2,(H,13,15)(H,17,18)(H,12,14,16). The Morgan fingerprint density at radius 1 is 1.39 bits per heavy atom. The van der Waals surface area contributed by atoms with Crippen molar-refractivity contribution in [2.24, 2.45) is 5.92 Å². The summed E-state index contributed by atoms with van der Waals surface area (Å²) in [5, 5.41) is 13.8. The zero-order valence-corrected chi connectivity index (χ0v) is 9.21. The lowest BCUT2D eigenvalue weighted by atomic mass is 10.1. The molecule has 1 unspecified atom stereocenters. The van der Waals surface area contributed by atoms with Crippen molar-refractivity contribution < 1.29 is 19.5 Å². The SMILES string of the molecule is O=C1CC(C(=O)Nc2nccnc2C(=O)O)CN1. The summed E-state index contributed by atoms with van der Waals surface area (Å²) in [4.78, 5) is 41.0. The monoisotopic (exact) mass is 250 g/mol. The summed E-state index contributed by atoms with van der Waals surface area (Å²) in [6.07, 6.45) is 2.59. The maximum absolute atomic E-state index is 11.8. The number of amides is 2. The third-order valence-electron chi connectivity index (χ3n) is 2.49. The van der Waals surface area contributed by atoms with E-state index in [-0.39, 0.29) is 30.4 Å². The van der Waals surface area contributed by atoms with E-state index in [0.717, 1.165) is 0 Å². The van der Waals surface area contributed by atoms with Crippen LogP contribution in [0.4, 0.5) is 5.82 Å². The Bertz CT molecular complexity index is 516. The van der Waals surface area contributed by atoms with Gasteiger partial charge in [0.1, 0.15) is 0 Å². The predicted molar refractivity (Wildman–Crippen MR) is 58.7 cm³/mol. The number of nitrogens with zero attached hydrogens (tertiary/aromatic N) is 2. The van der Waals surface area contributed by atoms with E-state index in [1.54, 1.807) is 0 Å². The number of hydrogen-bond donors (Lipinski definition) is 3. The van der Waals surface area contributed by atoms with Gasteiger partial charge in [-0.15, -0.1) is 0 Å². The van der Waals surface area contributed by atoms with Gasteiger partial charge in [-0.3, -0.25) is 9.59 Å². The minimum atomic E-state index is -1.28. The molecule has 0 aliphatic carbocycles. The summed E-state index contributed by atoms with van der Waals surface area (Å²) < 4.78 is 0. The molecule has 2 rings (SSSR count). The largest absolute Gasteiger partial charge is 0.476 e. The number of rotatable bonds is 3. The zero-order valence-electron chi connectivity index (χ0n) is 9.21. The first-order valence-corrected chi connectivity index (χ1v) is 5.20. The minimum absolute atomic E-state index is 0.0918. The van der Waals surface area contributed by atoms with Gasteiger partial charge in [-0.2, -0.15) is 0 Å². The molecule has 1 saturated heterocycles. The fourth-order valence-corrected chi connectivity index (χ4v) is 1.60. The molecule has 1 aliphatic rings. The zero-order chi connectivity index (χ0) is 13.1. The third kappa shape index (κ3) is 2.42. The second kappa shape index (κ2) is 4.78. The molecule has 2 amide bonds. The molecule has 1 aromatic rings. The normalized spacial score (nSPS) is 18.2. The van der Waals surface area contributed by atoms with E-state index in [1.807, 2.05) is 0 Å². The Labute approximate surface area is 101 Å². The number of carbonyl (C=O) groups excluding carboxylic acids is 2. The summed E-state index contributed by atoms with van der Waals surface area (Å²) in [5.41, 5.74) is -0.330. The highest BCUT2D eigenvalue weighted by molar-refractivity contribution is 6.00. The van der Waals surface area contributed by atoms with Crippen LogP contribution >= 0.6 is 0 Å². The highest BCUT2D eigenvalue weighted by Gasteiger charge is 2.29. The van der Waals surface area contributed by atoms with Crippen molar-refractivity contribution in [2.45, 2.75) is 6.42 Å². The summed E-state index contributed by atoms with van der Waals surface area (Å²) >= 11 is 0. The van der Waals surface area contributed by atoms with Gasteiger partial charge >= 0.3 is 5.97 Å². The van der Waals surface area contributed by atoms with Gasteiger partial charge < -0.3 is 15.7 Å². The van der Waals surface area contributed by atoms with Crippen molar-refractivity contribution in [1.29, 1.82) is 0 Å². The molecule has 1 atom stereocenters. The molecular weight excluding hydrogens is 240 g/mol. The Balaban J connectivity index is 2.12. The third-order valence-corrected chi connectivity index (χ3v) is 2.49. The maximum Gasteiger partial charge on any atom is 0.358 e. The van der Waals surface area contributed by atoms with Gasteiger partial charge in [-0.1, -0.05) is 0 Å². The van der Waals surface area contributed by atoms with Gasteiger partial charge in [0, 0.05) is 25.4 Å². The first-order valence-electron chi connectivity index (χ1n) is 5.20. The highest BCUT2D eigenvalue weighted by Crippen LogP contribution is 2.14. The lowest BCUT2D eigenvalue weighted by Gasteiger charge is -2.09. The van der Waals surface area contributed by atoms with E-state index in [4.69, 9.17) is 5.11 Å². The van der Waals surface area contributed by atoms with Crippen LogP contribution in [0, 0.1) is 5.92 Å². The van der Waals surface area contributed by atoms with Gasteiger partial charge in [0.15, 0.2) is 11.5 Å². The van der Waals surface area contributed by atoms with Crippen LogP contribution in [0.15, 0.2) is 12.4 Å². The number of carbonyl (C=O) groups is 3. The lowest BCUT2D eigenvalue weighted by molar-refractivity contribution is -0.123. The number of aromatic nitrogens is 2. The molecule has 8 heteroatoms. The van der Waals surface area contributed by atoms with E-state index in [1.165, 1.54) is 12.4 Å². The molecule has 1 aliphatic heterocycles. The van der Waals surface area contributed by atoms with Crippen LogP contribution in [0.1, 0.15) is 16.9 Å². The topological polar surface area (TPSA) is 121 Å². The summed E-state index contributed by atoms with van der Waals surface area (Å²) in [6.45, 7) is 0.243. The smallest absolute Gasteiger partial charge is 0.358 e.